The average Bonchev–Trinajstić information content (AvgIpc) is 3.25. The number of anilines is 1. The van der Waals surface area contributed by atoms with Crippen molar-refractivity contribution in [1.82, 2.24) is 5.32 Å². The van der Waals surface area contributed by atoms with Gasteiger partial charge in [-0.2, -0.15) is 11.8 Å². The molecule has 0 saturated carbocycles. The molecule has 1 heterocycles. The van der Waals surface area contributed by atoms with Crippen LogP contribution in [0.25, 0.3) is 0 Å². The van der Waals surface area contributed by atoms with Crippen LogP contribution in [-0.4, -0.2) is 32.9 Å². The third kappa shape index (κ3) is 6.90. The summed E-state index contributed by atoms with van der Waals surface area (Å²) >= 11 is 1.69. The molecule has 0 saturated heterocycles. The number of sulfonamides is 1. The van der Waals surface area contributed by atoms with E-state index in [1.54, 1.807) is 48.4 Å². The van der Waals surface area contributed by atoms with Crippen molar-refractivity contribution in [2.75, 3.05) is 22.9 Å². The number of rotatable bonds is 10. The molecule has 0 aliphatic rings. The minimum atomic E-state index is -3.45. The fraction of sp³-hybridized carbons (Fsp3) is 0.261. The molecule has 0 aliphatic carbocycles. The van der Waals surface area contributed by atoms with Gasteiger partial charge >= 0.3 is 0 Å². The Kier molecular flexibility index (Phi) is 7.81. The van der Waals surface area contributed by atoms with E-state index in [0.29, 0.717) is 17.8 Å². The van der Waals surface area contributed by atoms with Gasteiger partial charge in [0.05, 0.1) is 30.5 Å². The van der Waals surface area contributed by atoms with Crippen molar-refractivity contribution in [2.24, 2.45) is 0 Å². The van der Waals surface area contributed by atoms with Gasteiger partial charge in [0.15, 0.2) is 0 Å². The highest BCUT2D eigenvalue weighted by Gasteiger charge is 2.18. The Bertz CT molecular complexity index is 1090. The normalized spacial score (nSPS) is 11.3. The Hall–Kier alpha value is -2.71. The molecule has 0 fully saturated rings. The van der Waals surface area contributed by atoms with Gasteiger partial charge in [0.1, 0.15) is 5.76 Å². The summed E-state index contributed by atoms with van der Waals surface area (Å²) in [5.41, 5.74) is 2.95. The topological polar surface area (TPSA) is 79.6 Å². The molecular weight excluding hydrogens is 432 g/mol. The minimum absolute atomic E-state index is 0.149. The molecule has 164 valence electrons. The first-order valence-electron chi connectivity index (χ1n) is 9.84. The largest absolute Gasteiger partial charge is 0.468 e. The Morgan fingerprint density at radius 3 is 2.52 bits per heavy atom. The number of carbonyl (C=O) groups excluding carboxylic acids is 1. The molecule has 0 bridgehead atoms. The number of nitrogens with zero attached hydrogens (tertiary/aromatic N) is 1. The zero-order valence-electron chi connectivity index (χ0n) is 17.6. The lowest BCUT2D eigenvalue weighted by molar-refractivity contribution is 0.0956. The van der Waals surface area contributed by atoms with Gasteiger partial charge in [0.25, 0.3) is 5.91 Å². The number of carbonyl (C=O) groups is 1. The van der Waals surface area contributed by atoms with Crippen LogP contribution in [0.3, 0.4) is 0 Å². The Morgan fingerprint density at radius 2 is 1.87 bits per heavy atom. The fourth-order valence-electron chi connectivity index (χ4n) is 3.02. The third-order valence-corrected chi connectivity index (χ3v) is 6.71. The number of hydrogen-bond donors (Lipinski definition) is 1. The van der Waals surface area contributed by atoms with Crippen molar-refractivity contribution in [3.05, 3.63) is 89.4 Å². The fourth-order valence-corrected chi connectivity index (χ4v) is 4.65. The van der Waals surface area contributed by atoms with E-state index in [9.17, 15) is 13.2 Å². The van der Waals surface area contributed by atoms with Gasteiger partial charge in [-0.15, -0.1) is 0 Å². The first-order chi connectivity index (χ1) is 14.8. The maximum atomic E-state index is 12.3. The molecule has 0 radical (unpaired) electrons. The van der Waals surface area contributed by atoms with E-state index in [0.717, 1.165) is 28.4 Å². The smallest absolute Gasteiger partial charge is 0.251 e. The SMILES string of the molecule is Cc1cccc(N(Cc2ccc(C(=O)NCCSCc3ccco3)cc2)S(C)(=O)=O)c1. The number of hydrogen-bond acceptors (Lipinski definition) is 5. The predicted octanol–water partition coefficient (Wildman–Crippen LogP) is 4.22. The molecule has 0 spiro atoms. The number of thioether (sulfide) groups is 1. The number of furan rings is 1. The van der Waals surface area contributed by atoms with Gasteiger partial charge in [0, 0.05) is 17.9 Å². The summed E-state index contributed by atoms with van der Waals surface area (Å²) in [5.74, 6) is 2.32. The standard InChI is InChI=1S/C23H26N2O4S2/c1-18-5-3-6-21(15-18)25(31(2,27)28)16-19-8-10-20(11-9-19)23(26)24-12-14-30-17-22-7-4-13-29-22/h3-11,13,15H,12,14,16-17H2,1-2H3,(H,24,26). The molecule has 0 atom stereocenters. The highest BCUT2D eigenvalue weighted by Crippen LogP contribution is 2.22. The summed E-state index contributed by atoms with van der Waals surface area (Å²) in [6, 6.07) is 18.2. The lowest BCUT2D eigenvalue weighted by atomic mass is 10.1. The summed E-state index contributed by atoms with van der Waals surface area (Å²) in [5, 5.41) is 2.90. The molecule has 1 aromatic heterocycles. The van der Waals surface area contributed by atoms with Gasteiger partial charge < -0.3 is 9.73 Å². The Balaban J connectivity index is 1.55. The highest BCUT2D eigenvalue weighted by atomic mass is 32.2. The quantitative estimate of drug-likeness (QED) is 0.460. The Labute approximate surface area is 187 Å². The van der Waals surface area contributed by atoms with Crippen LogP contribution in [0.2, 0.25) is 0 Å². The second-order valence-corrected chi connectivity index (χ2v) is 10.2. The number of aryl methyl sites for hydroxylation is 1. The molecule has 3 rings (SSSR count). The van der Waals surface area contributed by atoms with Crippen LogP contribution in [0.1, 0.15) is 27.2 Å². The van der Waals surface area contributed by atoms with E-state index in [4.69, 9.17) is 4.42 Å². The first kappa shape index (κ1) is 23.0. The zero-order chi connectivity index (χ0) is 22.3. The average molecular weight is 459 g/mol. The molecule has 8 heteroatoms. The number of benzene rings is 2. The lowest BCUT2D eigenvalue weighted by Crippen LogP contribution is -2.29. The van der Waals surface area contributed by atoms with E-state index >= 15 is 0 Å². The van der Waals surface area contributed by atoms with E-state index < -0.39 is 10.0 Å². The predicted molar refractivity (Wildman–Crippen MR) is 126 cm³/mol. The second-order valence-electron chi connectivity index (χ2n) is 7.19. The van der Waals surface area contributed by atoms with Crippen LogP contribution in [0.5, 0.6) is 0 Å². The van der Waals surface area contributed by atoms with Crippen LogP contribution in [0.4, 0.5) is 5.69 Å². The van der Waals surface area contributed by atoms with E-state index in [1.807, 2.05) is 37.3 Å². The van der Waals surface area contributed by atoms with Crippen LogP contribution < -0.4 is 9.62 Å². The van der Waals surface area contributed by atoms with E-state index in [-0.39, 0.29) is 12.5 Å². The maximum absolute atomic E-state index is 12.3. The maximum Gasteiger partial charge on any atom is 0.251 e. The molecule has 2 aromatic carbocycles. The molecule has 31 heavy (non-hydrogen) atoms. The summed E-state index contributed by atoms with van der Waals surface area (Å²) in [4.78, 5) is 12.3. The van der Waals surface area contributed by atoms with Gasteiger partial charge in [0.2, 0.25) is 10.0 Å². The second kappa shape index (κ2) is 10.5. The summed E-state index contributed by atoms with van der Waals surface area (Å²) in [7, 11) is -3.45. The van der Waals surface area contributed by atoms with Crippen molar-refractivity contribution in [2.45, 2.75) is 19.2 Å². The van der Waals surface area contributed by atoms with Crippen LogP contribution in [0.15, 0.2) is 71.3 Å². The van der Waals surface area contributed by atoms with Crippen molar-refractivity contribution in [3.63, 3.8) is 0 Å². The molecule has 1 N–H and O–H groups in total. The van der Waals surface area contributed by atoms with Gasteiger partial charge in [-0.3, -0.25) is 9.10 Å². The van der Waals surface area contributed by atoms with Gasteiger partial charge in [-0.05, 0) is 54.4 Å². The van der Waals surface area contributed by atoms with Crippen LogP contribution in [0, 0.1) is 6.92 Å². The summed E-state index contributed by atoms with van der Waals surface area (Å²) in [6.45, 7) is 2.68. The number of amides is 1. The van der Waals surface area contributed by atoms with Crippen molar-refractivity contribution < 1.29 is 17.6 Å². The molecule has 3 aromatic rings. The minimum Gasteiger partial charge on any atom is -0.468 e. The summed E-state index contributed by atoms with van der Waals surface area (Å²) < 4.78 is 31.3. The van der Waals surface area contributed by atoms with Gasteiger partial charge in [-0.1, -0.05) is 24.3 Å². The van der Waals surface area contributed by atoms with Crippen molar-refractivity contribution >= 4 is 33.4 Å². The third-order valence-electron chi connectivity index (χ3n) is 4.59. The van der Waals surface area contributed by atoms with E-state index in [1.165, 1.54) is 10.6 Å². The number of nitrogens with one attached hydrogen (secondary N) is 1. The van der Waals surface area contributed by atoms with E-state index in [2.05, 4.69) is 5.32 Å². The van der Waals surface area contributed by atoms with Crippen LogP contribution in [-0.2, 0) is 22.3 Å². The molecule has 6 nitrogen and oxygen atoms in total. The van der Waals surface area contributed by atoms with Crippen molar-refractivity contribution in [3.8, 4) is 0 Å². The van der Waals surface area contributed by atoms with Crippen LogP contribution >= 0.6 is 11.8 Å². The molecular formula is C23H26N2O4S2. The highest BCUT2D eigenvalue weighted by molar-refractivity contribution is 7.98. The van der Waals surface area contributed by atoms with Gasteiger partial charge in [-0.25, -0.2) is 8.42 Å². The lowest BCUT2D eigenvalue weighted by Gasteiger charge is -2.23. The zero-order valence-corrected chi connectivity index (χ0v) is 19.2. The summed E-state index contributed by atoms with van der Waals surface area (Å²) in [6.07, 6.45) is 2.85. The molecule has 0 unspecified atom stereocenters. The monoisotopic (exact) mass is 458 g/mol. The molecule has 1 amide bonds. The van der Waals surface area contributed by atoms with Crippen molar-refractivity contribution in [1.29, 1.82) is 0 Å². The Morgan fingerprint density at radius 1 is 1.10 bits per heavy atom. The first-order valence-corrected chi connectivity index (χ1v) is 12.8. The molecule has 0 aliphatic heterocycles.